The largest absolute Gasteiger partial charge is 0.497 e. The molecule has 0 aliphatic rings. The molecule has 124 valence electrons. The van der Waals surface area contributed by atoms with Crippen LogP contribution in [0, 0.1) is 0 Å². The lowest BCUT2D eigenvalue weighted by Gasteiger charge is -2.10. The highest BCUT2D eigenvalue weighted by atomic mass is 32.2. The average molecular weight is 337 g/mol. The van der Waals surface area contributed by atoms with Gasteiger partial charge < -0.3 is 14.2 Å². The second-order valence-electron chi connectivity index (χ2n) is 4.67. The third-order valence-electron chi connectivity index (χ3n) is 3.04. The minimum atomic E-state index is -3.48. The Morgan fingerprint density at radius 2 is 1.30 bits per heavy atom. The first-order chi connectivity index (χ1) is 11.0. The van der Waals surface area contributed by atoms with Crippen molar-refractivity contribution in [3.63, 3.8) is 0 Å². The molecule has 6 nitrogen and oxygen atoms in total. The average Bonchev–Trinajstić information content (AvgIpc) is 2.55. The van der Waals surface area contributed by atoms with Crippen molar-refractivity contribution in [3.8, 4) is 17.2 Å². The number of nitrogens with one attached hydrogen (secondary N) is 1. The summed E-state index contributed by atoms with van der Waals surface area (Å²) in [7, 11) is -0.350. The summed E-state index contributed by atoms with van der Waals surface area (Å²) >= 11 is 0. The number of methoxy groups -OCH3 is 2. The minimum absolute atomic E-state index is 0.0534. The molecule has 2 aromatic carbocycles. The SMILES string of the molecule is COc1ccc(NS(=O)(=O)CCOc2ccc(OC)cc2)cc1. The van der Waals surface area contributed by atoms with Crippen LogP contribution in [0.25, 0.3) is 0 Å². The molecule has 2 rings (SSSR count). The Bertz CT molecular complexity index is 711. The van der Waals surface area contributed by atoms with E-state index in [0.29, 0.717) is 22.9 Å². The van der Waals surface area contributed by atoms with Crippen LogP contribution < -0.4 is 18.9 Å². The van der Waals surface area contributed by atoms with Crippen molar-refractivity contribution < 1.29 is 22.6 Å². The highest BCUT2D eigenvalue weighted by Crippen LogP contribution is 2.18. The quantitative estimate of drug-likeness (QED) is 0.801. The molecule has 0 aliphatic carbocycles. The second-order valence-corrected chi connectivity index (χ2v) is 6.52. The maximum absolute atomic E-state index is 12.0. The van der Waals surface area contributed by atoms with Crippen molar-refractivity contribution in [2.75, 3.05) is 31.3 Å². The third kappa shape index (κ3) is 5.37. The Kier molecular flexibility index (Phi) is 5.70. The molecule has 7 heteroatoms. The fourth-order valence-electron chi connectivity index (χ4n) is 1.83. The summed E-state index contributed by atoms with van der Waals surface area (Å²) in [6.45, 7) is 0.0534. The predicted octanol–water partition coefficient (Wildman–Crippen LogP) is 2.52. The Labute approximate surface area is 136 Å². The second kappa shape index (κ2) is 7.73. The summed E-state index contributed by atoms with van der Waals surface area (Å²) in [6, 6.07) is 13.6. The van der Waals surface area contributed by atoms with Gasteiger partial charge in [0.2, 0.25) is 10.0 Å². The summed E-state index contributed by atoms with van der Waals surface area (Å²) in [5, 5.41) is 0. The van der Waals surface area contributed by atoms with Gasteiger partial charge in [-0.25, -0.2) is 8.42 Å². The molecule has 0 saturated heterocycles. The van der Waals surface area contributed by atoms with E-state index < -0.39 is 10.0 Å². The maximum Gasteiger partial charge on any atom is 0.236 e. The highest BCUT2D eigenvalue weighted by Gasteiger charge is 2.11. The molecule has 0 bridgehead atoms. The van der Waals surface area contributed by atoms with Crippen molar-refractivity contribution in [2.24, 2.45) is 0 Å². The van der Waals surface area contributed by atoms with Gasteiger partial charge >= 0.3 is 0 Å². The number of rotatable bonds is 8. The fourth-order valence-corrected chi connectivity index (χ4v) is 2.73. The molecule has 1 N–H and O–H groups in total. The molecule has 0 atom stereocenters. The predicted molar refractivity (Wildman–Crippen MR) is 88.9 cm³/mol. The topological polar surface area (TPSA) is 73.9 Å². The first-order valence-corrected chi connectivity index (χ1v) is 8.59. The number of hydrogen-bond acceptors (Lipinski definition) is 5. The van der Waals surface area contributed by atoms with Gasteiger partial charge in [-0.1, -0.05) is 0 Å². The lowest BCUT2D eigenvalue weighted by molar-refractivity contribution is 0.340. The zero-order chi connectivity index (χ0) is 16.7. The van der Waals surface area contributed by atoms with Gasteiger partial charge in [0.15, 0.2) is 0 Å². The Hall–Kier alpha value is -2.41. The smallest absolute Gasteiger partial charge is 0.236 e. The molecule has 0 aromatic heterocycles. The molecule has 0 radical (unpaired) electrons. The van der Waals surface area contributed by atoms with Gasteiger partial charge in [0.1, 0.15) is 29.6 Å². The van der Waals surface area contributed by atoms with Crippen LogP contribution in [0.5, 0.6) is 17.2 Å². The van der Waals surface area contributed by atoms with Crippen molar-refractivity contribution in [2.45, 2.75) is 0 Å². The first-order valence-electron chi connectivity index (χ1n) is 6.94. The Morgan fingerprint density at radius 1 is 0.826 bits per heavy atom. The summed E-state index contributed by atoms with van der Waals surface area (Å²) in [5.41, 5.74) is 0.482. The number of anilines is 1. The zero-order valence-corrected chi connectivity index (χ0v) is 13.8. The van der Waals surface area contributed by atoms with E-state index in [2.05, 4.69) is 4.72 Å². The normalized spacial score (nSPS) is 10.9. The van der Waals surface area contributed by atoms with Crippen molar-refractivity contribution in [3.05, 3.63) is 48.5 Å². The van der Waals surface area contributed by atoms with Gasteiger partial charge in [-0.15, -0.1) is 0 Å². The summed E-state index contributed by atoms with van der Waals surface area (Å²) < 4.78 is 42.0. The maximum atomic E-state index is 12.0. The van der Waals surface area contributed by atoms with E-state index >= 15 is 0 Å². The van der Waals surface area contributed by atoms with Gasteiger partial charge in [0.05, 0.1) is 14.2 Å². The van der Waals surface area contributed by atoms with E-state index in [1.165, 1.54) is 0 Å². The van der Waals surface area contributed by atoms with Gasteiger partial charge in [-0.2, -0.15) is 0 Å². The van der Waals surface area contributed by atoms with Crippen molar-refractivity contribution in [1.82, 2.24) is 0 Å². The highest BCUT2D eigenvalue weighted by molar-refractivity contribution is 7.92. The fraction of sp³-hybridized carbons (Fsp3) is 0.250. The zero-order valence-electron chi connectivity index (χ0n) is 13.0. The minimum Gasteiger partial charge on any atom is -0.497 e. The molecule has 0 saturated carbocycles. The van der Waals surface area contributed by atoms with E-state index in [4.69, 9.17) is 14.2 Å². The number of benzene rings is 2. The Morgan fingerprint density at radius 3 is 1.83 bits per heavy atom. The molecule has 2 aromatic rings. The lowest BCUT2D eigenvalue weighted by Crippen LogP contribution is -2.21. The van der Waals surface area contributed by atoms with Crippen LogP contribution >= 0.6 is 0 Å². The Balaban J connectivity index is 1.85. The van der Waals surface area contributed by atoms with Crippen molar-refractivity contribution in [1.29, 1.82) is 0 Å². The van der Waals surface area contributed by atoms with Crippen LogP contribution in [-0.2, 0) is 10.0 Å². The molecule has 0 aliphatic heterocycles. The van der Waals surface area contributed by atoms with Gasteiger partial charge in [-0.3, -0.25) is 4.72 Å². The monoisotopic (exact) mass is 337 g/mol. The molecular formula is C16H19NO5S. The number of ether oxygens (including phenoxy) is 3. The lowest BCUT2D eigenvalue weighted by atomic mass is 10.3. The first kappa shape index (κ1) is 17.0. The van der Waals surface area contributed by atoms with Crippen LogP contribution in [0.4, 0.5) is 5.69 Å². The van der Waals surface area contributed by atoms with E-state index in [0.717, 1.165) is 0 Å². The molecule has 23 heavy (non-hydrogen) atoms. The third-order valence-corrected chi connectivity index (χ3v) is 4.29. The van der Waals surface area contributed by atoms with E-state index in [-0.39, 0.29) is 12.4 Å². The van der Waals surface area contributed by atoms with E-state index in [1.54, 1.807) is 62.8 Å². The van der Waals surface area contributed by atoms with Crippen LogP contribution in [0.2, 0.25) is 0 Å². The van der Waals surface area contributed by atoms with Gasteiger partial charge in [0, 0.05) is 5.69 Å². The van der Waals surface area contributed by atoms with Crippen LogP contribution in [-0.4, -0.2) is 35.0 Å². The number of sulfonamides is 1. The molecule has 0 amide bonds. The van der Waals surface area contributed by atoms with Crippen LogP contribution in [0.1, 0.15) is 0 Å². The molecule has 0 unspecified atom stereocenters. The molecule has 0 fully saturated rings. The molecule has 0 spiro atoms. The molecular weight excluding hydrogens is 318 g/mol. The summed E-state index contributed by atoms with van der Waals surface area (Å²) in [5.74, 6) is 1.82. The van der Waals surface area contributed by atoms with Crippen molar-refractivity contribution >= 4 is 15.7 Å². The van der Waals surface area contributed by atoms with Crippen LogP contribution in [0.15, 0.2) is 48.5 Å². The standard InChI is InChI=1S/C16H19NO5S/c1-20-14-5-3-13(4-6-14)17-23(18,19)12-11-22-16-9-7-15(21-2)8-10-16/h3-10,17H,11-12H2,1-2H3. The summed E-state index contributed by atoms with van der Waals surface area (Å²) in [4.78, 5) is 0. The van der Waals surface area contributed by atoms with Gasteiger partial charge in [-0.05, 0) is 48.5 Å². The van der Waals surface area contributed by atoms with E-state index in [1.807, 2.05) is 0 Å². The molecule has 0 heterocycles. The van der Waals surface area contributed by atoms with E-state index in [9.17, 15) is 8.42 Å². The van der Waals surface area contributed by atoms with Crippen LogP contribution in [0.3, 0.4) is 0 Å². The van der Waals surface area contributed by atoms with Gasteiger partial charge in [0.25, 0.3) is 0 Å². The number of hydrogen-bond donors (Lipinski definition) is 1. The summed E-state index contributed by atoms with van der Waals surface area (Å²) in [6.07, 6.45) is 0.